The van der Waals surface area contributed by atoms with Gasteiger partial charge in [-0.3, -0.25) is 4.79 Å². The molecule has 1 aromatic carbocycles. The molecule has 0 aliphatic rings. The average Bonchev–Trinajstić information content (AvgIpc) is 2.81. The zero-order chi connectivity index (χ0) is 14.5. The lowest BCUT2D eigenvalue weighted by Gasteiger charge is -2.06. The first-order valence-corrected chi connectivity index (χ1v) is 5.92. The normalized spacial score (nSPS) is 10.6. The van der Waals surface area contributed by atoms with Gasteiger partial charge in [-0.2, -0.15) is 0 Å². The van der Waals surface area contributed by atoms with Crippen molar-refractivity contribution in [3.8, 4) is 0 Å². The maximum atomic E-state index is 13.4. The third-order valence-corrected chi connectivity index (χ3v) is 2.50. The van der Waals surface area contributed by atoms with E-state index < -0.39 is 17.5 Å². The van der Waals surface area contributed by atoms with Gasteiger partial charge in [-0.05, 0) is 18.7 Å². The van der Waals surface area contributed by atoms with Gasteiger partial charge in [-0.15, -0.1) is 5.10 Å². The minimum absolute atomic E-state index is 0.0845. The van der Waals surface area contributed by atoms with Crippen LogP contribution < -0.4 is 11.1 Å². The monoisotopic (exact) mass is 281 g/mol. The Labute approximate surface area is 113 Å². The highest BCUT2D eigenvalue weighted by molar-refractivity contribution is 5.90. The van der Waals surface area contributed by atoms with Crippen molar-refractivity contribution in [2.75, 3.05) is 11.9 Å². The minimum atomic E-state index is -0.833. The molecule has 106 valence electrons. The highest BCUT2D eigenvalue weighted by Crippen LogP contribution is 2.14. The van der Waals surface area contributed by atoms with Gasteiger partial charge in [0.1, 0.15) is 18.2 Å². The molecule has 0 saturated carbocycles. The molecule has 1 aromatic heterocycles. The maximum Gasteiger partial charge on any atom is 0.246 e. The van der Waals surface area contributed by atoms with E-state index in [2.05, 4.69) is 15.6 Å². The molecule has 6 nitrogen and oxygen atoms in total. The highest BCUT2D eigenvalue weighted by Gasteiger charge is 2.09. The molecule has 0 aliphatic carbocycles. The molecule has 0 radical (unpaired) electrons. The van der Waals surface area contributed by atoms with Gasteiger partial charge in [0.05, 0.1) is 11.4 Å². The van der Waals surface area contributed by atoms with Crippen LogP contribution in [-0.4, -0.2) is 27.4 Å². The van der Waals surface area contributed by atoms with Crippen LogP contribution in [0, 0.1) is 11.6 Å². The lowest BCUT2D eigenvalue weighted by molar-refractivity contribution is -0.116. The number of aromatic nitrogens is 3. The van der Waals surface area contributed by atoms with Gasteiger partial charge < -0.3 is 11.1 Å². The van der Waals surface area contributed by atoms with E-state index in [-0.39, 0.29) is 12.2 Å². The Morgan fingerprint density at radius 1 is 1.40 bits per heavy atom. The molecule has 0 bridgehead atoms. The van der Waals surface area contributed by atoms with Crippen molar-refractivity contribution in [2.45, 2.75) is 13.0 Å². The van der Waals surface area contributed by atoms with E-state index in [0.29, 0.717) is 24.7 Å². The summed E-state index contributed by atoms with van der Waals surface area (Å²) in [6.45, 7) is 0.320. The zero-order valence-corrected chi connectivity index (χ0v) is 10.5. The quantitative estimate of drug-likeness (QED) is 0.844. The van der Waals surface area contributed by atoms with E-state index in [0.717, 1.165) is 12.1 Å². The van der Waals surface area contributed by atoms with E-state index in [1.807, 2.05) is 0 Å². The van der Waals surface area contributed by atoms with E-state index >= 15 is 0 Å². The van der Waals surface area contributed by atoms with Crippen molar-refractivity contribution in [2.24, 2.45) is 5.73 Å². The number of halogens is 2. The molecule has 3 N–H and O–H groups in total. The Kier molecular flexibility index (Phi) is 4.36. The van der Waals surface area contributed by atoms with Crippen LogP contribution in [0.2, 0.25) is 0 Å². The molecule has 1 amide bonds. The van der Waals surface area contributed by atoms with Gasteiger partial charge >= 0.3 is 0 Å². The van der Waals surface area contributed by atoms with Gasteiger partial charge in [0, 0.05) is 18.7 Å². The third-order valence-electron chi connectivity index (χ3n) is 2.50. The van der Waals surface area contributed by atoms with Gasteiger partial charge in [0.2, 0.25) is 5.91 Å². The molecule has 2 rings (SSSR count). The largest absolute Gasteiger partial charge is 0.330 e. The van der Waals surface area contributed by atoms with Crippen molar-refractivity contribution in [3.05, 3.63) is 41.7 Å². The van der Waals surface area contributed by atoms with Crippen molar-refractivity contribution in [1.82, 2.24) is 15.0 Å². The number of nitrogens with two attached hydrogens (primary N) is 1. The first-order valence-electron chi connectivity index (χ1n) is 5.92. The van der Waals surface area contributed by atoms with E-state index in [1.54, 1.807) is 6.20 Å². The van der Waals surface area contributed by atoms with E-state index in [1.165, 1.54) is 4.68 Å². The first-order chi connectivity index (χ1) is 9.58. The molecule has 0 aliphatic heterocycles. The molecule has 0 saturated heterocycles. The molecule has 20 heavy (non-hydrogen) atoms. The Balaban J connectivity index is 1.97. The Bertz CT molecular complexity index is 614. The summed E-state index contributed by atoms with van der Waals surface area (Å²) in [5, 5.41) is 9.91. The first kappa shape index (κ1) is 14.1. The smallest absolute Gasteiger partial charge is 0.246 e. The molecular formula is C12H13F2N5O. The molecule has 0 spiro atoms. The third kappa shape index (κ3) is 3.58. The summed E-state index contributed by atoms with van der Waals surface area (Å²) in [7, 11) is 0. The lowest BCUT2D eigenvalue weighted by Crippen LogP contribution is -2.19. The van der Waals surface area contributed by atoms with Crippen LogP contribution in [0.25, 0.3) is 0 Å². The van der Waals surface area contributed by atoms with Crippen LogP contribution in [0.1, 0.15) is 5.69 Å². The summed E-state index contributed by atoms with van der Waals surface area (Å²) in [5.41, 5.74) is 5.96. The van der Waals surface area contributed by atoms with Crippen LogP contribution in [0.4, 0.5) is 14.5 Å². The topological polar surface area (TPSA) is 85.8 Å². The predicted octanol–water partition coefficient (Wildman–Crippen LogP) is 0.696. The SMILES string of the molecule is NCCc1cn(CC(=O)Nc2ccc(F)cc2F)nn1. The van der Waals surface area contributed by atoms with Crippen molar-refractivity contribution < 1.29 is 13.6 Å². The van der Waals surface area contributed by atoms with Crippen LogP contribution in [0.3, 0.4) is 0 Å². The fourth-order valence-corrected chi connectivity index (χ4v) is 1.61. The number of carbonyl (C=O) groups is 1. The average molecular weight is 281 g/mol. The summed E-state index contributed by atoms with van der Waals surface area (Å²) < 4.78 is 27.4. The Morgan fingerprint density at radius 3 is 2.90 bits per heavy atom. The standard InChI is InChI=1S/C12H13F2N5O/c13-8-1-2-11(10(14)5-8)16-12(20)7-19-6-9(3-4-15)17-18-19/h1-2,5-6H,3-4,7,15H2,(H,16,20). The summed E-state index contributed by atoms with van der Waals surface area (Å²) in [4.78, 5) is 11.7. The van der Waals surface area contributed by atoms with Gasteiger partial charge in [-0.25, -0.2) is 13.5 Å². The van der Waals surface area contributed by atoms with E-state index in [9.17, 15) is 13.6 Å². The second-order valence-electron chi connectivity index (χ2n) is 4.12. The molecule has 0 unspecified atom stereocenters. The number of benzene rings is 1. The van der Waals surface area contributed by atoms with Crippen molar-refractivity contribution in [3.63, 3.8) is 0 Å². The molecular weight excluding hydrogens is 268 g/mol. The van der Waals surface area contributed by atoms with Crippen LogP contribution in [0.5, 0.6) is 0 Å². The number of anilines is 1. The minimum Gasteiger partial charge on any atom is -0.330 e. The van der Waals surface area contributed by atoms with Gasteiger partial charge in [0.15, 0.2) is 0 Å². The molecule has 2 aromatic rings. The zero-order valence-electron chi connectivity index (χ0n) is 10.5. The molecule has 0 fully saturated rings. The fourth-order valence-electron chi connectivity index (χ4n) is 1.61. The number of hydrogen-bond donors (Lipinski definition) is 2. The summed E-state index contributed by atoms with van der Waals surface area (Å²) in [6, 6.07) is 2.92. The number of carbonyl (C=O) groups excluding carboxylic acids is 1. The molecule has 1 heterocycles. The Morgan fingerprint density at radius 2 is 2.20 bits per heavy atom. The summed E-state index contributed by atoms with van der Waals surface area (Å²) in [6.07, 6.45) is 2.15. The summed E-state index contributed by atoms with van der Waals surface area (Å²) >= 11 is 0. The van der Waals surface area contributed by atoms with Gasteiger partial charge in [0.25, 0.3) is 0 Å². The number of hydrogen-bond acceptors (Lipinski definition) is 4. The van der Waals surface area contributed by atoms with E-state index in [4.69, 9.17) is 5.73 Å². The molecule has 0 atom stereocenters. The number of rotatable bonds is 5. The van der Waals surface area contributed by atoms with Crippen molar-refractivity contribution >= 4 is 11.6 Å². The predicted molar refractivity (Wildman–Crippen MR) is 67.8 cm³/mol. The van der Waals surface area contributed by atoms with Crippen LogP contribution in [-0.2, 0) is 17.8 Å². The molecule has 8 heteroatoms. The van der Waals surface area contributed by atoms with Crippen LogP contribution in [0.15, 0.2) is 24.4 Å². The second kappa shape index (κ2) is 6.20. The van der Waals surface area contributed by atoms with Crippen LogP contribution >= 0.6 is 0 Å². The number of nitrogens with one attached hydrogen (secondary N) is 1. The highest BCUT2D eigenvalue weighted by atomic mass is 19.1. The second-order valence-corrected chi connectivity index (χ2v) is 4.12. The van der Waals surface area contributed by atoms with Crippen molar-refractivity contribution in [1.29, 1.82) is 0 Å². The fraction of sp³-hybridized carbons (Fsp3) is 0.250. The maximum absolute atomic E-state index is 13.4. The lowest BCUT2D eigenvalue weighted by atomic mass is 10.3. The summed E-state index contributed by atoms with van der Waals surface area (Å²) in [5.74, 6) is -2.02. The Hall–Kier alpha value is -2.35. The van der Waals surface area contributed by atoms with Gasteiger partial charge in [-0.1, -0.05) is 5.21 Å². The number of amides is 1. The number of nitrogens with zero attached hydrogens (tertiary/aromatic N) is 3.